The van der Waals surface area contributed by atoms with E-state index in [1.165, 1.54) is 0 Å². The number of hydrogen-bond donors (Lipinski definition) is 1. The van der Waals surface area contributed by atoms with Crippen molar-refractivity contribution in [1.82, 2.24) is 4.90 Å². The molecule has 0 spiro atoms. The van der Waals surface area contributed by atoms with Crippen LogP contribution in [0.3, 0.4) is 0 Å². The lowest BCUT2D eigenvalue weighted by molar-refractivity contribution is -0.148. The van der Waals surface area contributed by atoms with E-state index in [2.05, 4.69) is 5.32 Å². The number of amides is 3. The SMILES string of the molecule is CC(C)[C@@H](C(=O)Nc1ccc(Oc2ccc(Cl)cc2Cl)cc1)N1C(=O)[C@@H]2[C@@H](C1=O)C1(Cl)c3ccccc3C2(Cl)c2ccccc21. The second-order valence-corrected chi connectivity index (χ2v) is 13.9. The number of anilines is 1. The lowest BCUT2D eigenvalue weighted by Gasteiger charge is -2.54. The van der Waals surface area contributed by atoms with Gasteiger partial charge in [-0.1, -0.05) is 85.6 Å². The lowest BCUT2D eigenvalue weighted by atomic mass is 9.54. The van der Waals surface area contributed by atoms with Crippen LogP contribution in [0.2, 0.25) is 10.0 Å². The third kappa shape index (κ3) is 4.34. The normalized spacial score (nSPS) is 25.1. The number of likely N-dealkylation sites (tertiary alicyclic amines) is 1. The summed E-state index contributed by atoms with van der Waals surface area (Å²) in [5.41, 5.74) is 3.28. The molecule has 0 radical (unpaired) electrons. The number of halogens is 4. The summed E-state index contributed by atoms with van der Waals surface area (Å²) in [5, 5.41) is 3.72. The second kappa shape index (κ2) is 10.8. The fourth-order valence-corrected chi connectivity index (χ4v) is 8.73. The highest BCUT2D eigenvalue weighted by molar-refractivity contribution is 6.36. The summed E-state index contributed by atoms with van der Waals surface area (Å²) in [7, 11) is 0. The maximum absolute atomic E-state index is 14.4. The standard InChI is InChI=1S/C35H26Cl4N2O4/c1-18(2)30(31(42)40-20-12-14-21(15-13-20)45-27-16-11-19(36)17-26(27)37)41-32(43)28-29(33(41)44)35(39)23-8-4-3-7-22(23)34(28,38)24-9-5-6-10-25(24)35/h3-18,28-30H,1-2H3,(H,40,42)/t28-,29-,30-,34?,35?/m0/s1. The molecule has 4 aromatic rings. The molecule has 1 N–H and O–H groups in total. The predicted molar refractivity (Wildman–Crippen MR) is 175 cm³/mol. The molecule has 1 aliphatic heterocycles. The van der Waals surface area contributed by atoms with Crippen molar-refractivity contribution >= 4 is 69.8 Å². The number of nitrogens with one attached hydrogen (secondary N) is 1. The first-order valence-corrected chi connectivity index (χ1v) is 16.0. The molecule has 45 heavy (non-hydrogen) atoms. The van der Waals surface area contributed by atoms with E-state index in [-0.39, 0.29) is 0 Å². The van der Waals surface area contributed by atoms with E-state index in [4.69, 9.17) is 51.1 Å². The molecule has 1 fully saturated rings. The minimum Gasteiger partial charge on any atom is -0.456 e. The number of ether oxygens (including phenoxy) is 1. The van der Waals surface area contributed by atoms with Crippen LogP contribution >= 0.6 is 46.4 Å². The fourth-order valence-electron chi connectivity index (χ4n) is 7.19. The highest BCUT2D eigenvalue weighted by Gasteiger charge is 2.73. The van der Waals surface area contributed by atoms with Gasteiger partial charge in [-0.25, -0.2) is 0 Å². The highest BCUT2D eigenvalue weighted by atomic mass is 35.5. The Bertz CT molecular complexity index is 1770. The zero-order valence-electron chi connectivity index (χ0n) is 24.1. The molecule has 3 atom stereocenters. The Balaban J connectivity index is 1.20. The van der Waals surface area contributed by atoms with Gasteiger partial charge in [-0.15, -0.1) is 23.2 Å². The molecule has 6 nitrogen and oxygen atoms in total. The van der Waals surface area contributed by atoms with Crippen LogP contribution in [-0.4, -0.2) is 28.7 Å². The van der Waals surface area contributed by atoms with Gasteiger partial charge in [-0.05, 0) is 70.6 Å². The highest BCUT2D eigenvalue weighted by Crippen LogP contribution is 2.69. The van der Waals surface area contributed by atoms with Gasteiger partial charge in [0.15, 0.2) is 0 Å². The van der Waals surface area contributed by atoms with E-state index < -0.39 is 51.3 Å². The minimum atomic E-state index is -1.32. The lowest BCUT2D eigenvalue weighted by Crippen LogP contribution is -2.57. The van der Waals surface area contributed by atoms with Crippen molar-refractivity contribution < 1.29 is 19.1 Å². The second-order valence-electron chi connectivity index (χ2n) is 11.9. The molecule has 4 aromatic carbocycles. The first-order chi connectivity index (χ1) is 21.5. The van der Waals surface area contributed by atoms with E-state index in [0.29, 0.717) is 49.5 Å². The van der Waals surface area contributed by atoms with Gasteiger partial charge in [0.25, 0.3) is 0 Å². The van der Waals surface area contributed by atoms with Crippen LogP contribution in [0.4, 0.5) is 5.69 Å². The number of rotatable bonds is 6. The first kappa shape index (κ1) is 30.1. The van der Waals surface area contributed by atoms with E-state index in [1.807, 2.05) is 48.5 Å². The molecular formula is C35H26Cl4N2O4. The molecule has 3 aliphatic carbocycles. The molecule has 0 aromatic heterocycles. The van der Waals surface area contributed by atoms with E-state index in [9.17, 15) is 14.4 Å². The largest absolute Gasteiger partial charge is 0.456 e. The number of nitrogens with zero attached hydrogens (tertiary/aromatic N) is 1. The van der Waals surface area contributed by atoms with Crippen LogP contribution < -0.4 is 10.1 Å². The number of carbonyl (C=O) groups is 3. The molecule has 8 rings (SSSR count). The maximum atomic E-state index is 14.4. The number of alkyl halides is 2. The van der Waals surface area contributed by atoms with Gasteiger partial charge < -0.3 is 10.1 Å². The third-order valence-electron chi connectivity index (χ3n) is 9.04. The Hall–Kier alpha value is -3.55. The van der Waals surface area contributed by atoms with Crippen LogP contribution in [0.1, 0.15) is 36.1 Å². The Morgan fingerprint density at radius 2 is 1.27 bits per heavy atom. The molecule has 4 aliphatic rings. The first-order valence-electron chi connectivity index (χ1n) is 14.5. The van der Waals surface area contributed by atoms with Crippen LogP contribution in [0.5, 0.6) is 11.5 Å². The number of carbonyl (C=O) groups excluding carboxylic acids is 3. The van der Waals surface area contributed by atoms with Crippen molar-refractivity contribution in [2.24, 2.45) is 17.8 Å². The van der Waals surface area contributed by atoms with Crippen molar-refractivity contribution in [2.45, 2.75) is 29.6 Å². The van der Waals surface area contributed by atoms with Crippen molar-refractivity contribution in [3.8, 4) is 11.5 Å². The number of imide groups is 1. The Labute approximate surface area is 280 Å². The molecule has 2 bridgehead atoms. The third-order valence-corrected chi connectivity index (χ3v) is 10.9. The summed E-state index contributed by atoms with van der Waals surface area (Å²) in [6, 6.07) is 25.4. The molecule has 1 heterocycles. The van der Waals surface area contributed by atoms with Crippen LogP contribution in [-0.2, 0) is 24.1 Å². The predicted octanol–water partition coefficient (Wildman–Crippen LogP) is 8.34. The molecule has 228 valence electrons. The van der Waals surface area contributed by atoms with E-state index in [0.717, 1.165) is 4.90 Å². The van der Waals surface area contributed by atoms with Gasteiger partial charge in [0.05, 0.1) is 16.9 Å². The Morgan fingerprint density at radius 3 is 1.71 bits per heavy atom. The van der Waals surface area contributed by atoms with Gasteiger partial charge in [-0.2, -0.15) is 0 Å². The van der Waals surface area contributed by atoms with Crippen LogP contribution in [0.25, 0.3) is 0 Å². The van der Waals surface area contributed by atoms with Gasteiger partial charge in [-0.3, -0.25) is 19.3 Å². The van der Waals surface area contributed by atoms with E-state index >= 15 is 0 Å². The van der Waals surface area contributed by atoms with Crippen LogP contribution in [0.15, 0.2) is 91.0 Å². The van der Waals surface area contributed by atoms with E-state index in [1.54, 1.807) is 56.3 Å². The Kier molecular flexibility index (Phi) is 7.21. The molecular weight excluding hydrogens is 654 g/mol. The number of benzene rings is 4. The summed E-state index contributed by atoms with van der Waals surface area (Å²) < 4.78 is 5.85. The maximum Gasteiger partial charge on any atom is 0.247 e. The Morgan fingerprint density at radius 1 is 0.778 bits per heavy atom. The fraction of sp³-hybridized carbons (Fsp3) is 0.229. The monoisotopic (exact) mass is 678 g/mol. The summed E-state index contributed by atoms with van der Waals surface area (Å²) in [4.78, 5) is 41.2. The topological polar surface area (TPSA) is 75.7 Å². The van der Waals surface area contributed by atoms with Crippen molar-refractivity contribution in [3.05, 3.63) is 123 Å². The van der Waals surface area contributed by atoms with Gasteiger partial charge in [0, 0.05) is 10.7 Å². The number of hydrogen-bond acceptors (Lipinski definition) is 4. The van der Waals surface area contributed by atoms with Gasteiger partial charge in [0.1, 0.15) is 27.3 Å². The van der Waals surface area contributed by atoms with Gasteiger partial charge >= 0.3 is 0 Å². The van der Waals surface area contributed by atoms with Gasteiger partial charge in [0.2, 0.25) is 17.7 Å². The average molecular weight is 680 g/mol. The smallest absolute Gasteiger partial charge is 0.247 e. The molecule has 0 unspecified atom stereocenters. The van der Waals surface area contributed by atoms with Crippen molar-refractivity contribution in [2.75, 3.05) is 5.32 Å². The molecule has 3 amide bonds. The van der Waals surface area contributed by atoms with Crippen LogP contribution in [0, 0.1) is 17.8 Å². The zero-order chi connectivity index (χ0) is 31.8. The van der Waals surface area contributed by atoms with Crippen molar-refractivity contribution in [1.29, 1.82) is 0 Å². The molecule has 0 saturated carbocycles. The average Bonchev–Trinajstić information content (AvgIpc) is 3.29. The summed E-state index contributed by atoms with van der Waals surface area (Å²) in [5.74, 6) is -2.99. The minimum absolute atomic E-state index is 0.359. The molecule has 1 saturated heterocycles. The van der Waals surface area contributed by atoms with Crippen molar-refractivity contribution in [3.63, 3.8) is 0 Å². The summed E-state index contributed by atoms with van der Waals surface area (Å²) >= 11 is 27.3. The zero-order valence-corrected chi connectivity index (χ0v) is 27.1. The summed E-state index contributed by atoms with van der Waals surface area (Å²) in [6.07, 6.45) is 0. The quantitative estimate of drug-likeness (QED) is 0.164. The molecule has 10 heteroatoms. The summed E-state index contributed by atoms with van der Waals surface area (Å²) in [6.45, 7) is 3.59.